The number of nitrogens with zero attached hydrogens (tertiary/aromatic N) is 3. The SMILES string of the molecule is CCOC(=O)[C@@H]1CCCN(C(=O)c2cc(NC(=O)COC)c3c(c2)ncn3CCc2ccccc2)C1. The third-order valence-electron chi connectivity index (χ3n) is 6.32. The molecule has 3 aromatic rings. The van der Waals surface area contributed by atoms with E-state index in [1.54, 1.807) is 30.3 Å². The van der Waals surface area contributed by atoms with E-state index in [0.717, 1.165) is 18.4 Å². The number of aromatic nitrogens is 2. The van der Waals surface area contributed by atoms with Crippen LogP contribution in [0.25, 0.3) is 11.0 Å². The molecule has 9 heteroatoms. The summed E-state index contributed by atoms with van der Waals surface area (Å²) in [5.41, 5.74) is 3.46. The predicted molar refractivity (Wildman–Crippen MR) is 136 cm³/mol. The van der Waals surface area contributed by atoms with Gasteiger partial charge in [0.25, 0.3) is 5.91 Å². The Bertz CT molecular complexity index is 1220. The van der Waals surface area contributed by atoms with Crippen LogP contribution in [-0.2, 0) is 32.0 Å². The van der Waals surface area contributed by atoms with Crippen LogP contribution in [0.5, 0.6) is 0 Å². The summed E-state index contributed by atoms with van der Waals surface area (Å²) in [5.74, 6) is -1.12. The molecule has 1 saturated heterocycles. The molecule has 4 rings (SSSR count). The lowest BCUT2D eigenvalue weighted by Gasteiger charge is -2.31. The molecule has 0 unspecified atom stereocenters. The van der Waals surface area contributed by atoms with E-state index in [2.05, 4.69) is 22.4 Å². The molecule has 2 aromatic carbocycles. The summed E-state index contributed by atoms with van der Waals surface area (Å²) >= 11 is 0. The number of fused-ring (bicyclic) bond motifs is 1. The molecule has 190 valence electrons. The number of methoxy groups -OCH3 is 1. The number of aryl methyl sites for hydroxylation is 2. The van der Waals surface area contributed by atoms with Gasteiger partial charge in [0.2, 0.25) is 5.91 Å². The van der Waals surface area contributed by atoms with Crippen LogP contribution in [0.2, 0.25) is 0 Å². The van der Waals surface area contributed by atoms with E-state index in [1.165, 1.54) is 12.7 Å². The standard InChI is InChI=1S/C27H32N4O5/c1-3-36-27(34)20-10-7-12-30(16-20)26(33)21-14-22-25(23(15-21)29-24(32)17-35-2)31(18-28-22)13-11-19-8-5-4-6-9-19/h4-6,8-9,14-15,18,20H,3,7,10-13,16-17H2,1-2H3,(H,29,32)/t20-/m1/s1. The van der Waals surface area contributed by atoms with E-state index in [9.17, 15) is 14.4 Å². The Morgan fingerprint density at radius 3 is 2.72 bits per heavy atom. The van der Waals surface area contributed by atoms with Crippen LogP contribution >= 0.6 is 0 Å². The van der Waals surface area contributed by atoms with Gasteiger partial charge in [0.1, 0.15) is 6.61 Å². The average Bonchev–Trinajstić information content (AvgIpc) is 3.31. The molecule has 36 heavy (non-hydrogen) atoms. The Morgan fingerprint density at radius 1 is 1.17 bits per heavy atom. The summed E-state index contributed by atoms with van der Waals surface area (Å²) in [7, 11) is 1.45. The maximum Gasteiger partial charge on any atom is 0.310 e. The predicted octanol–water partition coefficient (Wildman–Crippen LogP) is 3.28. The van der Waals surface area contributed by atoms with E-state index in [0.29, 0.717) is 49.4 Å². The number of carbonyl (C=O) groups is 3. The van der Waals surface area contributed by atoms with E-state index < -0.39 is 0 Å². The van der Waals surface area contributed by atoms with Crippen LogP contribution in [0.4, 0.5) is 5.69 Å². The van der Waals surface area contributed by atoms with Crippen molar-refractivity contribution >= 4 is 34.5 Å². The van der Waals surface area contributed by atoms with Gasteiger partial charge in [-0.05, 0) is 43.9 Å². The molecule has 1 fully saturated rings. The first-order valence-electron chi connectivity index (χ1n) is 12.3. The molecule has 1 aliphatic heterocycles. The zero-order chi connectivity index (χ0) is 25.5. The quantitative estimate of drug-likeness (QED) is 0.460. The molecular formula is C27H32N4O5. The van der Waals surface area contributed by atoms with Crippen molar-refractivity contribution in [1.29, 1.82) is 0 Å². The molecule has 0 bridgehead atoms. The van der Waals surface area contributed by atoms with E-state index in [1.807, 2.05) is 22.8 Å². The van der Waals surface area contributed by atoms with Crippen LogP contribution in [0.1, 0.15) is 35.7 Å². The number of benzene rings is 2. The van der Waals surface area contributed by atoms with Crippen LogP contribution in [0, 0.1) is 5.92 Å². The highest BCUT2D eigenvalue weighted by Crippen LogP contribution is 2.28. The minimum absolute atomic E-state index is 0.106. The largest absolute Gasteiger partial charge is 0.466 e. The highest BCUT2D eigenvalue weighted by molar-refractivity contribution is 6.05. The molecule has 0 aliphatic carbocycles. The van der Waals surface area contributed by atoms with Crippen molar-refractivity contribution in [3.63, 3.8) is 0 Å². The monoisotopic (exact) mass is 492 g/mol. The maximum atomic E-state index is 13.5. The van der Waals surface area contributed by atoms with Crippen molar-refractivity contribution in [3.8, 4) is 0 Å². The van der Waals surface area contributed by atoms with Crippen LogP contribution in [0.3, 0.4) is 0 Å². The van der Waals surface area contributed by atoms with Gasteiger partial charge in [0, 0.05) is 32.3 Å². The lowest BCUT2D eigenvalue weighted by atomic mass is 9.97. The number of imidazole rings is 1. The number of hydrogen-bond donors (Lipinski definition) is 1. The van der Waals surface area contributed by atoms with Gasteiger partial charge >= 0.3 is 5.97 Å². The number of anilines is 1. The number of rotatable bonds is 9. The summed E-state index contributed by atoms with van der Waals surface area (Å²) in [6.45, 7) is 3.52. The normalized spacial score (nSPS) is 15.6. The van der Waals surface area contributed by atoms with Crippen LogP contribution in [0.15, 0.2) is 48.8 Å². The first kappa shape index (κ1) is 25.4. The fourth-order valence-electron chi connectivity index (χ4n) is 4.61. The lowest BCUT2D eigenvalue weighted by Crippen LogP contribution is -2.42. The van der Waals surface area contributed by atoms with Gasteiger partial charge in [0.15, 0.2) is 0 Å². The maximum absolute atomic E-state index is 13.5. The van der Waals surface area contributed by atoms with Crippen molar-refractivity contribution in [2.75, 3.05) is 38.7 Å². The first-order chi connectivity index (χ1) is 17.5. The number of nitrogens with one attached hydrogen (secondary N) is 1. The smallest absolute Gasteiger partial charge is 0.310 e. The summed E-state index contributed by atoms with van der Waals surface area (Å²) < 4.78 is 12.1. The number of carbonyl (C=O) groups excluding carboxylic acids is 3. The van der Waals surface area contributed by atoms with Gasteiger partial charge in [-0.2, -0.15) is 0 Å². The molecule has 1 aromatic heterocycles. The second kappa shape index (κ2) is 11.8. The fourth-order valence-corrected chi connectivity index (χ4v) is 4.61. The number of hydrogen-bond acceptors (Lipinski definition) is 6. The topological polar surface area (TPSA) is 103 Å². The molecular weight excluding hydrogens is 460 g/mol. The lowest BCUT2D eigenvalue weighted by molar-refractivity contribution is -0.149. The first-order valence-corrected chi connectivity index (χ1v) is 12.3. The van der Waals surface area contributed by atoms with Gasteiger partial charge in [-0.25, -0.2) is 4.98 Å². The van der Waals surface area contributed by atoms with E-state index in [-0.39, 0.29) is 30.3 Å². The van der Waals surface area contributed by atoms with Gasteiger partial charge in [0.05, 0.1) is 35.6 Å². The number of piperidine rings is 1. The molecule has 9 nitrogen and oxygen atoms in total. The van der Waals surface area contributed by atoms with Crippen molar-refractivity contribution in [3.05, 3.63) is 59.9 Å². The minimum atomic E-state index is -0.329. The Balaban J connectivity index is 1.62. The summed E-state index contributed by atoms with van der Waals surface area (Å²) in [6.07, 6.45) is 3.95. The summed E-state index contributed by atoms with van der Waals surface area (Å²) in [5, 5.41) is 2.88. The molecule has 0 saturated carbocycles. The molecule has 2 heterocycles. The van der Waals surface area contributed by atoms with Crippen LogP contribution in [-0.4, -0.2) is 65.6 Å². The number of ether oxygens (including phenoxy) is 2. The van der Waals surface area contributed by atoms with Gasteiger partial charge in [-0.1, -0.05) is 30.3 Å². The highest BCUT2D eigenvalue weighted by atomic mass is 16.5. The third kappa shape index (κ3) is 5.91. The fraction of sp³-hybridized carbons (Fsp3) is 0.407. The van der Waals surface area contributed by atoms with Crippen LogP contribution < -0.4 is 5.32 Å². The molecule has 0 spiro atoms. The number of esters is 1. The van der Waals surface area contributed by atoms with E-state index >= 15 is 0 Å². The molecule has 1 aliphatic rings. The van der Waals surface area contributed by atoms with E-state index in [4.69, 9.17) is 9.47 Å². The Labute approximate surface area is 210 Å². The molecule has 2 amide bonds. The summed E-state index contributed by atoms with van der Waals surface area (Å²) in [6, 6.07) is 13.6. The second-order valence-electron chi connectivity index (χ2n) is 8.89. The second-order valence-corrected chi connectivity index (χ2v) is 8.89. The van der Waals surface area contributed by atoms with Crippen molar-refractivity contribution in [2.45, 2.75) is 32.7 Å². The average molecular weight is 493 g/mol. The number of likely N-dealkylation sites (tertiary alicyclic amines) is 1. The van der Waals surface area contributed by atoms with Crippen molar-refractivity contribution in [2.24, 2.45) is 5.92 Å². The minimum Gasteiger partial charge on any atom is -0.466 e. The Hall–Kier alpha value is -3.72. The summed E-state index contributed by atoms with van der Waals surface area (Å²) in [4.78, 5) is 44.3. The Kier molecular flexibility index (Phi) is 8.32. The zero-order valence-electron chi connectivity index (χ0n) is 20.7. The number of amides is 2. The zero-order valence-corrected chi connectivity index (χ0v) is 20.7. The van der Waals surface area contributed by atoms with Gasteiger partial charge in [-0.3, -0.25) is 14.4 Å². The third-order valence-corrected chi connectivity index (χ3v) is 6.32. The Morgan fingerprint density at radius 2 is 1.97 bits per heavy atom. The molecule has 0 radical (unpaired) electrons. The van der Waals surface area contributed by atoms with Crippen molar-refractivity contribution < 1.29 is 23.9 Å². The molecule has 1 atom stereocenters. The van der Waals surface area contributed by atoms with Crippen molar-refractivity contribution in [1.82, 2.24) is 14.5 Å². The van der Waals surface area contributed by atoms with Gasteiger partial charge < -0.3 is 24.3 Å². The van der Waals surface area contributed by atoms with Gasteiger partial charge in [-0.15, -0.1) is 0 Å². The highest BCUT2D eigenvalue weighted by Gasteiger charge is 2.30. The molecule has 1 N–H and O–H groups in total.